The summed E-state index contributed by atoms with van der Waals surface area (Å²) in [6.07, 6.45) is 4.77. The standard InChI is InChI=1S/C19H29N7O/c1-14-12-17(23-25(14)4)22-19(27)26-10-5-6-15(9-11-26)21-16-7-8-18(20-13-16)24(2)3/h7-8,12-13,15,21H,5-6,9-11H2,1-4H3,(H,22,23,27)/t15-/m1/s1. The van der Waals surface area contributed by atoms with Crippen molar-refractivity contribution in [3.8, 4) is 0 Å². The molecule has 0 unspecified atom stereocenters. The molecule has 3 heterocycles. The van der Waals surface area contributed by atoms with Crippen molar-refractivity contribution < 1.29 is 4.79 Å². The van der Waals surface area contributed by atoms with Gasteiger partial charge in [0.2, 0.25) is 0 Å². The van der Waals surface area contributed by atoms with Crippen LogP contribution in [0, 0.1) is 6.92 Å². The molecule has 2 aromatic rings. The van der Waals surface area contributed by atoms with Crippen LogP contribution in [0.1, 0.15) is 25.0 Å². The number of carbonyl (C=O) groups excluding carboxylic acids is 1. The van der Waals surface area contributed by atoms with Crippen molar-refractivity contribution in [2.45, 2.75) is 32.2 Å². The largest absolute Gasteiger partial charge is 0.381 e. The van der Waals surface area contributed by atoms with Gasteiger partial charge < -0.3 is 15.1 Å². The molecule has 8 heteroatoms. The summed E-state index contributed by atoms with van der Waals surface area (Å²) in [4.78, 5) is 20.8. The zero-order valence-electron chi connectivity index (χ0n) is 16.6. The van der Waals surface area contributed by atoms with Gasteiger partial charge in [-0.2, -0.15) is 5.10 Å². The molecule has 146 valence electrons. The number of urea groups is 1. The van der Waals surface area contributed by atoms with Crippen LogP contribution in [0.3, 0.4) is 0 Å². The molecule has 0 bridgehead atoms. The summed E-state index contributed by atoms with van der Waals surface area (Å²) in [6, 6.07) is 6.21. The fourth-order valence-electron chi connectivity index (χ4n) is 3.23. The SMILES string of the molecule is Cc1cc(NC(=O)N2CCC[C@@H](Nc3ccc(N(C)C)nc3)CC2)nn1C. The highest BCUT2D eigenvalue weighted by atomic mass is 16.2. The number of carbonyl (C=O) groups is 1. The quantitative estimate of drug-likeness (QED) is 0.864. The van der Waals surface area contributed by atoms with E-state index in [0.717, 1.165) is 49.6 Å². The number of hydrogen-bond donors (Lipinski definition) is 2. The minimum atomic E-state index is -0.0780. The lowest BCUT2D eigenvalue weighted by Crippen LogP contribution is -2.36. The Kier molecular flexibility index (Phi) is 5.83. The maximum Gasteiger partial charge on any atom is 0.323 e. The van der Waals surface area contributed by atoms with Crippen molar-refractivity contribution in [2.75, 3.05) is 42.7 Å². The molecule has 0 aromatic carbocycles. The van der Waals surface area contributed by atoms with Gasteiger partial charge in [0.05, 0.1) is 11.9 Å². The predicted molar refractivity (Wildman–Crippen MR) is 108 cm³/mol. The summed E-state index contributed by atoms with van der Waals surface area (Å²) in [5, 5.41) is 10.7. The molecule has 0 saturated carbocycles. The van der Waals surface area contributed by atoms with E-state index in [-0.39, 0.29) is 6.03 Å². The normalized spacial score (nSPS) is 17.3. The number of aromatic nitrogens is 3. The van der Waals surface area contributed by atoms with Gasteiger partial charge in [0, 0.05) is 52.0 Å². The van der Waals surface area contributed by atoms with Crippen molar-refractivity contribution in [1.29, 1.82) is 0 Å². The van der Waals surface area contributed by atoms with E-state index in [2.05, 4.69) is 26.8 Å². The third-order valence-electron chi connectivity index (χ3n) is 4.94. The van der Waals surface area contributed by atoms with E-state index >= 15 is 0 Å². The van der Waals surface area contributed by atoms with Gasteiger partial charge in [-0.25, -0.2) is 9.78 Å². The molecule has 0 spiro atoms. The van der Waals surface area contributed by atoms with Crippen LogP contribution in [-0.2, 0) is 7.05 Å². The highest BCUT2D eigenvalue weighted by Gasteiger charge is 2.21. The number of amides is 2. The summed E-state index contributed by atoms with van der Waals surface area (Å²) in [7, 11) is 5.83. The van der Waals surface area contributed by atoms with Crippen LogP contribution >= 0.6 is 0 Å². The maximum absolute atomic E-state index is 12.5. The number of nitrogens with zero attached hydrogens (tertiary/aromatic N) is 5. The van der Waals surface area contributed by atoms with Crippen molar-refractivity contribution in [3.63, 3.8) is 0 Å². The molecule has 2 aromatic heterocycles. The number of hydrogen-bond acceptors (Lipinski definition) is 5. The van der Waals surface area contributed by atoms with E-state index < -0.39 is 0 Å². The van der Waals surface area contributed by atoms with E-state index in [0.29, 0.717) is 11.9 Å². The molecule has 2 N–H and O–H groups in total. The van der Waals surface area contributed by atoms with Crippen LogP contribution in [0.25, 0.3) is 0 Å². The smallest absolute Gasteiger partial charge is 0.323 e. The lowest BCUT2D eigenvalue weighted by molar-refractivity contribution is 0.213. The second-order valence-electron chi connectivity index (χ2n) is 7.28. The Labute approximate surface area is 160 Å². The molecule has 1 aliphatic heterocycles. The van der Waals surface area contributed by atoms with Gasteiger partial charge >= 0.3 is 6.03 Å². The molecule has 3 rings (SSSR count). The number of rotatable bonds is 4. The predicted octanol–water partition coefficient (Wildman–Crippen LogP) is 2.69. The highest BCUT2D eigenvalue weighted by Crippen LogP contribution is 2.19. The summed E-state index contributed by atoms with van der Waals surface area (Å²) >= 11 is 0. The van der Waals surface area contributed by atoms with Gasteiger partial charge in [-0.05, 0) is 38.3 Å². The van der Waals surface area contributed by atoms with E-state index in [9.17, 15) is 4.79 Å². The van der Waals surface area contributed by atoms with Gasteiger partial charge in [0.15, 0.2) is 5.82 Å². The van der Waals surface area contributed by atoms with Gasteiger partial charge in [0.1, 0.15) is 5.82 Å². The Bertz CT molecular complexity index is 749. The third-order valence-corrected chi connectivity index (χ3v) is 4.94. The van der Waals surface area contributed by atoms with Crippen LogP contribution in [-0.4, -0.2) is 58.9 Å². The summed E-state index contributed by atoms with van der Waals surface area (Å²) in [5.41, 5.74) is 2.03. The zero-order valence-corrected chi connectivity index (χ0v) is 16.6. The average molecular weight is 371 g/mol. The first kappa shape index (κ1) is 19.0. The monoisotopic (exact) mass is 371 g/mol. The summed E-state index contributed by atoms with van der Waals surface area (Å²) in [5.74, 6) is 1.54. The topological polar surface area (TPSA) is 78.3 Å². The van der Waals surface area contributed by atoms with Gasteiger partial charge in [0.25, 0.3) is 0 Å². The number of nitrogens with one attached hydrogen (secondary N) is 2. The number of aryl methyl sites for hydroxylation is 2. The lowest BCUT2D eigenvalue weighted by Gasteiger charge is -2.21. The molecule has 27 heavy (non-hydrogen) atoms. The molecule has 1 aliphatic rings. The maximum atomic E-state index is 12.5. The highest BCUT2D eigenvalue weighted by molar-refractivity contribution is 5.88. The fourth-order valence-corrected chi connectivity index (χ4v) is 3.23. The Balaban J connectivity index is 1.52. The number of pyridine rings is 1. The van der Waals surface area contributed by atoms with Crippen LogP contribution < -0.4 is 15.5 Å². The van der Waals surface area contributed by atoms with Crippen molar-refractivity contribution in [1.82, 2.24) is 19.7 Å². The van der Waals surface area contributed by atoms with E-state index in [1.165, 1.54) is 0 Å². The van der Waals surface area contributed by atoms with Crippen LogP contribution in [0.2, 0.25) is 0 Å². The van der Waals surface area contributed by atoms with E-state index in [1.54, 1.807) is 4.68 Å². The van der Waals surface area contributed by atoms with Gasteiger partial charge in [-0.1, -0.05) is 0 Å². The molecule has 0 radical (unpaired) electrons. The second kappa shape index (κ2) is 8.28. The van der Waals surface area contributed by atoms with E-state index in [1.807, 2.05) is 56.2 Å². The molecular weight excluding hydrogens is 342 g/mol. The fraction of sp³-hybridized carbons (Fsp3) is 0.526. The first-order valence-corrected chi connectivity index (χ1v) is 9.39. The van der Waals surface area contributed by atoms with Gasteiger partial charge in [-0.15, -0.1) is 0 Å². The number of anilines is 3. The Hall–Kier alpha value is -2.77. The van der Waals surface area contributed by atoms with Crippen molar-refractivity contribution in [2.24, 2.45) is 7.05 Å². The van der Waals surface area contributed by atoms with Crippen molar-refractivity contribution in [3.05, 3.63) is 30.1 Å². The minimum Gasteiger partial charge on any atom is -0.381 e. The molecule has 1 saturated heterocycles. The lowest BCUT2D eigenvalue weighted by atomic mass is 10.1. The molecule has 2 amide bonds. The zero-order chi connectivity index (χ0) is 19.4. The summed E-state index contributed by atoms with van der Waals surface area (Å²) < 4.78 is 1.76. The van der Waals surface area contributed by atoms with Crippen LogP contribution in [0.15, 0.2) is 24.4 Å². The molecule has 1 fully saturated rings. The van der Waals surface area contributed by atoms with Crippen LogP contribution in [0.5, 0.6) is 0 Å². The minimum absolute atomic E-state index is 0.0780. The molecular formula is C19H29N7O. The molecule has 8 nitrogen and oxygen atoms in total. The first-order chi connectivity index (χ1) is 12.9. The van der Waals surface area contributed by atoms with Crippen molar-refractivity contribution >= 4 is 23.4 Å². The van der Waals surface area contributed by atoms with E-state index in [4.69, 9.17) is 0 Å². The molecule has 1 atom stereocenters. The Morgan fingerprint density at radius 3 is 2.70 bits per heavy atom. The Morgan fingerprint density at radius 1 is 1.26 bits per heavy atom. The summed E-state index contributed by atoms with van der Waals surface area (Å²) in [6.45, 7) is 3.44. The number of likely N-dealkylation sites (tertiary alicyclic amines) is 1. The Morgan fingerprint density at radius 2 is 2.07 bits per heavy atom. The first-order valence-electron chi connectivity index (χ1n) is 9.39. The molecule has 0 aliphatic carbocycles. The average Bonchev–Trinajstić information content (AvgIpc) is 2.83. The van der Waals surface area contributed by atoms with Gasteiger partial charge in [-0.3, -0.25) is 10.00 Å². The third kappa shape index (κ3) is 4.90. The second-order valence-corrected chi connectivity index (χ2v) is 7.28. The van der Waals surface area contributed by atoms with Crippen LogP contribution in [0.4, 0.5) is 22.1 Å².